The van der Waals surface area contributed by atoms with Crippen LogP contribution in [0.4, 0.5) is 5.13 Å². The lowest BCUT2D eigenvalue weighted by Gasteiger charge is -2.13. The Hall–Kier alpha value is -2.72. The summed E-state index contributed by atoms with van der Waals surface area (Å²) in [5, 5.41) is 12.4. The first-order chi connectivity index (χ1) is 15.9. The lowest BCUT2D eigenvalue weighted by atomic mass is 10.0. The van der Waals surface area contributed by atoms with Crippen molar-refractivity contribution < 1.29 is 9.53 Å². The van der Waals surface area contributed by atoms with E-state index in [0.717, 1.165) is 15.6 Å². The molecule has 4 rings (SSSR count). The zero-order valence-electron chi connectivity index (χ0n) is 17.5. The molecule has 3 aromatic heterocycles. The first-order valence-corrected chi connectivity index (χ1v) is 12.2. The van der Waals surface area contributed by atoms with Gasteiger partial charge in [0.05, 0.1) is 18.9 Å². The van der Waals surface area contributed by atoms with Crippen LogP contribution in [-0.2, 0) is 5.75 Å². The zero-order valence-corrected chi connectivity index (χ0v) is 20.6. The van der Waals surface area contributed by atoms with Crippen LogP contribution in [0.15, 0.2) is 53.1 Å². The van der Waals surface area contributed by atoms with Gasteiger partial charge in [-0.1, -0.05) is 58.4 Å². The molecule has 1 N–H and O–H groups in total. The number of benzene rings is 1. The molecule has 0 fully saturated rings. The van der Waals surface area contributed by atoms with Crippen LogP contribution in [0.25, 0.3) is 11.1 Å². The molecule has 0 atom stereocenters. The summed E-state index contributed by atoms with van der Waals surface area (Å²) >= 11 is 14.9. The van der Waals surface area contributed by atoms with E-state index in [0.29, 0.717) is 38.3 Å². The van der Waals surface area contributed by atoms with Gasteiger partial charge in [-0.05, 0) is 36.8 Å². The largest absolute Gasteiger partial charge is 0.494 e. The lowest BCUT2D eigenvalue weighted by Crippen LogP contribution is -2.14. The minimum atomic E-state index is -0.363. The summed E-state index contributed by atoms with van der Waals surface area (Å²) in [4.78, 5) is 21.4. The molecule has 3 heterocycles. The van der Waals surface area contributed by atoms with Crippen LogP contribution in [0.3, 0.4) is 0 Å². The van der Waals surface area contributed by atoms with E-state index in [2.05, 4.69) is 25.5 Å². The lowest BCUT2D eigenvalue weighted by molar-refractivity contribution is 0.102. The van der Waals surface area contributed by atoms with Crippen molar-refractivity contribution in [3.05, 3.63) is 75.8 Å². The van der Waals surface area contributed by atoms with E-state index in [-0.39, 0.29) is 11.1 Å². The number of nitrogens with one attached hydrogen (secondary N) is 1. The minimum Gasteiger partial charge on any atom is -0.494 e. The fraction of sp³-hybridized carbons (Fsp3) is 0.136. The van der Waals surface area contributed by atoms with Gasteiger partial charge >= 0.3 is 0 Å². The molecule has 4 aromatic rings. The van der Waals surface area contributed by atoms with Crippen LogP contribution in [0.1, 0.15) is 21.6 Å². The number of anilines is 1. The van der Waals surface area contributed by atoms with Gasteiger partial charge in [-0.2, -0.15) is 0 Å². The summed E-state index contributed by atoms with van der Waals surface area (Å²) in [6.07, 6.45) is 3.04. The van der Waals surface area contributed by atoms with E-state index in [9.17, 15) is 4.79 Å². The van der Waals surface area contributed by atoms with Crippen molar-refractivity contribution in [3.8, 4) is 16.9 Å². The summed E-state index contributed by atoms with van der Waals surface area (Å²) in [6, 6.07) is 11.1. The molecular weight excluding hydrogens is 501 g/mol. The molecular formula is C22H17Cl2N5O2S2. The second-order valence-corrected chi connectivity index (χ2v) is 9.84. The van der Waals surface area contributed by atoms with Crippen molar-refractivity contribution in [1.82, 2.24) is 20.2 Å². The van der Waals surface area contributed by atoms with Crippen LogP contribution in [-0.4, -0.2) is 33.2 Å². The number of carbonyl (C=O) groups is 1. The van der Waals surface area contributed by atoms with Gasteiger partial charge in [0.25, 0.3) is 5.91 Å². The average molecular weight is 518 g/mol. The Morgan fingerprint density at radius 1 is 1.09 bits per heavy atom. The second-order valence-electron chi connectivity index (χ2n) is 6.82. The standard InChI is InChI=1S/C22H17Cl2N5O2S2/c1-12-7-15(16-8-19(24)26-10-18(16)31-2)17(9-25-12)20(30)27-21-28-29-22(33-21)32-11-13-3-5-14(23)6-4-13/h3-10H,11H2,1-2H3,(H,27,28,30). The number of aromatic nitrogens is 4. The molecule has 0 saturated heterocycles. The van der Waals surface area contributed by atoms with E-state index >= 15 is 0 Å². The Morgan fingerprint density at radius 2 is 1.88 bits per heavy atom. The van der Waals surface area contributed by atoms with Gasteiger partial charge in [0, 0.05) is 33.8 Å². The number of aryl methyl sites for hydroxylation is 1. The molecule has 33 heavy (non-hydrogen) atoms. The first kappa shape index (κ1) is 23.4. The van der Waals surface area contributed by atoms with Gasteiger partial charge in [0.2, 0.25) is 5.13 Å². The van der Waals surface area contributed by atoms with Crippen LogP contribution in [0, 0.1) is 6.92 Å². The molecule has 168 valence electrons. The van der Waals surface area contributed by atoms with Gasteiger partial charge in [0.15, 0.2) is 4.34 Å². The van der Waals surface area contributed by atoms with E-state index in [1.807, 2.05) is 31.2 Å². The third kappa shape index (κ3) is 5.80. The maximum absolute atomic E-state index is 13.1. The summed E-state index contributed by atoms with van der Waals surface area (Å²) < 4.78 is 6.16. The fourth-order valence-corrected chi connectivity index (χ4v) is 4.95. The molecule has 0 saturated carbocycles. The van der Waals surface area contributed by atoms with E-state index in [4.69, 9.17) is 27.9 Å². The maximum Gasteiger partial charge on any atom is 0.259 e. The van der Waals surface area contributed by atoms with Crippen LogP contribution < -0.4 is 10.1 Å². The van der Waals surface area contributed by atoms with Crippen molar-refractivity contribution in [2.24, 2.45) is 0 Å². The smallest absolute Gasteiger partial charge is 0.259 e. The van der Waals surface area contributed by atoms with Gasteiger partial charge in [-0.3, -0.25) is 15.1 Å². The SMILES string of the molecule is COc1cnc(Cl)cc1-c1cc(C)ncc1C(=O)Nc1nnc(SCc2ccc(Cl)cc2)s1. The molecule has 11 heteroatoms. The van der Waals surface area contributed by atoms with Gasteiger partial charge in [0.1, 0.15) is 10.9 Å². The normalized spacial score (nSPS) is 10.8. The summed E-state index contributed by atoms with van der Waals surface area (Å²) in [7, 11) is 1.53. The fourth-order valence-electron chi connectivity index (χ4n) is 2.96. The number of thioether (sulfide) groups is 1. The Kier molecular flexibility index (Phi) is 7.44. The molecule has 0 radical (unpaired) electrons. The average Bonchev–Trinajstić information content (AvgIpc) is 3.25. The van der Waals surface area contributed by atoms with Crippen molar-refractivity contribution >= 4 is 57.3 Å². The number of hydrogen-bond donors (Lipinski definition) is 1. The van der Waals surface area contributed by atoms with Gasteiger partial charge < -0.3 is 4.74 Å². The number of amides is 1. The number of nitrogens with zero attached hydrogens (tertiary/aromatic N) is 4. The topological polar surface area (TPSA) is 89.9 Å². The molecule has 1 amide bonds. The van der Waals surface area contributed by atoms with Crippen molar-refractivity contribution in [2.75, 3.05) is 12.4 Å². The third-order valence-electron chi connectivity index (χ3n) is 4.53. The molecule has 0 aliphatic heterocycles. The predicted octanol–water partition coefficient (Wildman–Crippen LogP) is 6.16. The quantitative estimate of drug-likeness (QED) is 0.178. The van der Waals surface area contributed by atoms with E-state index < -0.39 is 0 Å². The highest BCUT2D eigenvalue weighted by Gasteiger charge is 2.19. The first-order valence-electron chi connectivity index (χ1n) is 9.61. The Bertz CT molecular complexity index is 1300. The third-order valence-corrected chi connectivity index (χ3v) is 7.03. The van der Waals surface area contributed by atoms with Gasteiger partial charge in [-0.25, -0.2) is 4.98 Å². The molecule has 0 aliphatic carbocycles. The van der Waals surface area contributed by atoms with Crippen LogP contribution in [0.5, 0.6) is 5.75 Å². The Labute approximate surface area is 208 Å². The summed E-state index contributed by atoms with van der Waals surface area (Å²) in [5.41, 5.74) is 3.48. The Balaban J connectivity index is 1.53. The number of methoxy groups -OCH3 is 1. The number of halogens is 2. The summed E-state index contributed by atoms with van der Waals surface area (Å²) in [5.74, 6) is 0.850. The Morgan fingerprint density at radius 3 is 2.64 bits per heavy atom. The molecule has 0 aliphatic rings. The molecule has 0 bridgehead atoms. The van der Waals surface area contributed by atoms with E-state index in [1.54, 1.807) is 12.1 Å². The van der Waals surface area contributed by atoms with Crippen LogP contribution >= 0.6 is 46.3 Å². The number of pyridine rings is 2. The molecule has 1 aromatic carbocycles. The molecule has 7 nitrogen and oxygen atoms in total. The van der Waals surface area contributed by atoms with Crippen LogP contribution in [0.2, 0.25) is 10.2 Å². The number of carbonyl (C=O) groups excluding carboxylic acids is 1. The predicted molar refractivity (Wildman–Crippen MR) is 133 cm³/mol. The van der Waals surface area contributed by atoms with Gasteiger partial charge in [-0.15, -0.1) is 10.2 Å². The monoisotopic (exact) mass is 517 g/mol. The number of hydrogen-bond acceptors (Lipinski definition) is 8. The highest BCUT2D eigenvalue weighted by molar-refractivity contribution is 8.00. The van der Waals surface area contributed by atoms with Crippen molar-refractivity contribution in [3.63, 3.8) is 0 Å². The highest BCUT2D eigenvalue weighted by atomic mass is 35.5. The van der Waals surface area contributed by atoms with E-state index in [1.165, 1.54) is 42.6 Å². The number of ether oxygens (including phenoxy) is 1. The highest BCUT2D eigenvalue weighted by Crippen LogP contribution is 2.34. The maximum atomic E-state index is 13.1. The summed E-state index contributed by atoms with van der Waals surface area (Å²) in [6.45, 7) is 1.84. The molecule has 0 unspecified atom stereocenters. The van der Waals surface area contributed by atoms with Crippen molar-refractivity contribution in [1.29, 1.82) is 0 Å². The number of rotatable bonds is 7. The molecule has 0 spiro atoms. The zero-order chi connectivity index (χ0) is 23.4. The minimum absolute atomic E-state index is 0.290. The van der Waals surface area contributed by atoms with Crippen molar-refractivity contribution in [2.45, 2.75) is 17.0 Å². The second kappa shape index (κ2) is 10.5.